The van der Waals surface area contributed by atoms with Crippen molar-refractivity contribution in [1.82, 2.24) is 9.55 Å². The maximum absolute atomic E-state index is 12.0. The Morgan fingerprint density at radius 3 is 2.67 bits per heavy atom. The molecule has 0 aliphatic rings. The third-order valence-corrected chi connectivity index (χ3v) is 2.44. The molecule has 0 spiro atoms. The summed E-state index contributed by atoms with van der Waals surface area (Å²) >= 11 is 0. The van der Waals surface area contributed by atoms with Crippen LogP contribution >= 0.6 is 0 Å². The second kappa shape index (κ2) is 3.50. The molecule has 78 valence electrons. The molecule has 0 aliphatic heterocycles. The summed E-state index contributed by atoms with van der Waals surface area (Å²) in [5, 5.41) is 0. The van der Waals surface area contributed by atoms with E-state index in [1.165, 1.54) is 0 Å². The van der Waals surface area contributed by atoms with Gasteiger partial charge in [0.05, 0.1) is 11.0 Å². The summed E-state index contributed by atoms with van der Waals surface area (Å²) in [5.41, 5.74) is 1.78. The van der Waals surface area contributed by atoms with Crippen LogP contribution in [0.25, 0.3) is 11.0 Å². The van der Waals surface area contributed by atoms with E-state index in [9.17, 15) is 4.79 Å². The van der Waals surface area contributed by atoms with E-state index in [-0.39, 0.29) is 11.8 Å². The number of carbonyl (C=O) groups is 1. The van der Waals surface area contributed by atoms with E-state index in [2.05, 4.69) is 4.98 Å². The van der Waals surface area contributed by atoms with Gasteiger partial charge in [-0.25, -0.2) is 4.98 Å². The molecule has 0 saturated heterocycles. The van der Waals surface area contributed by atoms with Crippen LogP contribution in [0.5, 0.6) is 0 Å². The molecule has 0 aliphatic carbocycles. The van der Waals surface area contributed by atoms with E-state index < -0.39 is 0 Å². The lowest BCUT2D eigenvalue weighted by atomic mass is 10.2. The Bertz CT molecular complexity index is 511. The quantitative estimate of drug-likeness (QED) is 0.712. The summed E-state index contributed by atoms with van der Waals surface area (Å²) in [6.07, 6.45) is 0. The van der Waals surface area contributed by atoms with Crippen LogP contribution in [0, 0.1) is 12.8 Å². The van der Waals surface area contributed by atoms with Crippen LogP contribution in [-0.4, -0.2) is 15.5 Å². The van der Waals surface area contributed by atoms with Gasteiger partial charge in [-0.05, 0) is 19.1 Å². The molecular weight excluding hydrogens is 188 g/mol. The molecule has 0 saturated carbocycles. The van der Waals surface area contributed by atoms with E-state index in [1.807, 2.05) is 45.0 Å². The second-order valence-corrected chi connectivity index (χ2v) is 3.98. The van der Waals surface area contributed by atoms with Crippen LogP contribution < -0.4 is 0 Å². The number of fused-ring (bicyclic) bond motifs is 1. The lowest BCUT2D eigenvalue weighted by molar-refractivity contribution is 0.0858. The first-order valence-corrected chi connectivity index (χ1v) is 5.09. The molecule has 0 atom stereocenters. The number of rotatable bonds is 1. The van der Waals surface area contributed by atoms with E-state index in [0.717, 1.165) is 16.9 Å². The molecule has 3 heteroatoms. The van der Waals surface area contributed by atoms with Gasteiger partial charge in [0.2, 0.25) is 5.91 Å². The minimum absolute atomic E-state index is 0.0127. The molecule has 1 aromatic carbocycles. The first-order chi connectivity index (χ1) is 7.11. The van der Waals surface area contributed by atoms with E-state index in [0.29, 0.717) is 0 Å². The molecule has 0 unspecified atom stereocenters. The second-order valence-electron chi connectivity index (χ2n) is 3.98. The molecule has 0 fully saturated rings. The van der Waals surface area contributed by atoms with Gasteiger partial charge in [-0.3, -0.25) is 9.36 Å². The number of carbonyl (C=O) groups excluding carboxylic acids is 1. The van der Waals surface area contributed by atoms with Gasteiger partial charge in [-0.2, -0.15) is 0 Å². The molecule has 2 rings (SSSR count). The topological polar surface area (TPSA) is 34.9 Å². The van der Waals surface area contributed by atoms with Crippen molar-refractivity contribution in [2.75, 3.05) is 0 Å². The number of para-hydroxylation sites is 2. The fraction of sp³-hybridized carbons (Fsp3) is 0.333. The Labute approximate surface area is 88.7 Å². The predicted octanol–water partition coefficient (Wildman–Crippen LogP) is 2.64. The fourth-order valence-electron chi connectivity index (χ4n) is 1.68. The molecular formula is C12H14N2O. The number of nitrogens with zero attached hydrogens (tertiary/aromatic N) is 2. The number of imidazole rings is 1. The molecule has 0 radical (unpaired) electrons. The van der Waals surface area contributed by atoms with Crippen LogP contribution in [0.3, 0.4) is 0 Å². The van der Waals surface area contributed by atoms with Gasteiger partial charge in [-0.1, -0.05) is 26.0 Å². The fourth-order valence-corrected chi connectivity index (χ4v) is 1.68. The highest BCUT2D eigenvalue weighted by molar-refractivity contribution is 5.91. The van der Waals surface area contributed by atoms with Gasteiger partial charge in [0, 0.05) is 5.92 Å². The van der Waals surface area contributed by atoms with Crippen molar-refractivity contribution in [3.05, 3.63) is 30.1 Å². The zero-order valence-corrected chi connectivity index (χ0v) is 9.19. The number of benzene rings is 1. The minimum atomic E-state index is -0.0127. The van der Waals surface area contributed by atoms with Gasteiger partial charge in [0.25, 0.3) is 0 Å². The average Bonchev–Trinajstić information content (AvgIpc) is 2.52. The SMILES string of the molecule is Cc1nc2ccccc2n1C(=O)C(C)C. The number of hydrogen-bond donors (Lipinski definition) is 0. The number of hydrogen-bond acceptors (Lipinski definition) is 2. The lowest BCUT2D eigenvalue weighted by Gasteiger charge is -2.07. The van der Waals surface area contributed by atoms with Gasteiger partial charge in [0.15, 0.2) is 0 Å². The van der Waals surface area contributed by atoms with Crippen molar-refractivity contribution in [2.24, 2.45) is 5.92 Å². The van der Waals surface area contributed by atoms with Gasteiger partial charge in [0.1, 0.15) is 5.82 Å². The van der Waals surface area contributed by atoms with Crippen LogP contribution in [-0.2, 0) is 0 Å². The Hall–Kier alpha value is -1.64. The smallest absolute Gasteiger partial charge is 0.235 e. The summed E-state index contributed by atoms with van der Waals surface area (Å²) in [6.45, 7) is 5.66. The average molecular weight is 202 g/mol. The third-order valence-electron chi connectivity index (χ3n) is 2.44. The largest absolute Gasteiger partial charge is 0.274 e. The Balaban J connectivity index is 2.69. The maximum Gasteiger partial charge on any atom is 0.235 e. The molecule has 0 N–H and O–H groups in total. The van der Waals surface area contributed by atoms with Gasteiger partial charge in [-0.15, -0.1) is 0 Å². The summed E-state index contributed by atoms with van der Waals surface area (Å²) in [7, 11) is 0. The van der Waals surface area contributed by atoms with Gasteiger partial charge < -0.3 is 0 Å². The normalized spacial score (nSPS) is 11.2. The Morgan fingerprint density at radius 1 is 1.33 bits per heavy atom. The Morgan fingerprint density at radius 2 is 2.00 bits per heavy atom. The molecule has 1 heterocycles. The minimum Gasteiger partial charge on any atom is -0.274 e. The zero-order valence-electron chi connectivity index (χ0n) is 9.19. The monoisotopic (exact) mass is 202 g/mol. The van der Waals surface area contributed by atoms with E-state index >= 15 is 0 Å². The molecule has 1 aromatic heterocycles. The summed E-state index contributed by atoms with van der Waals surface area (Å²) < 4.78 is 1.69. The number of aryl methyl sites for hydroxylation is 1. The van der Waals surface area contributed by atoms with Crippen LogP contribution in [0.2, 0.25) is 0 Å². The molecule has 15 heavy (non-hydrogen) atoms. The summed E-state index contributed by atoms with van der Waals surface area (Å²) in [4.78, 5) is 16.3. The van der Waals surface area contributed by atoms with Crippen LogP contribution in [0.15, 0.2) is 24.3 Å². The van der Waals surface area contributed by atoms with E-state index in [4.69, 9.17) is 0 Å². The molecule has 3 nitrogen and oxygen atoms in total. The van der Waals surface area contributed by atoms with Crippen molar-refractivity contribution >= 4 is 16.9 Å². The van der Waals surface area contributed by atoms with Crippen molar-refractivity contribution in [3.8, 4) is 0 Å². The van der Waals surface area contributed by atoms with Crippen LogP contribution in [0.4, 0.5) is 0 Å². The zero-order chi connectivity index (χ0) is 11.0. The third kappa shape index (κ3) is 1.54. The van der Waals surface area contributed by atoms with Crippen molar-refractivity contribution in [3.63, 3.8) is 0 Å². The maximum atomic E-state index is 12.0. The van der Waals surface area contributed by atoms with Gasteiger partial charge >= 0.3 is 0 Å². The Kier molecular flexibility index (Phi) is 2.31. The first-order valence-electron chi connectivity index (χ1n) is 5.09. The van der Waals surface area contributed by atoms with Crippen LogP contribution in [0.1, 0.15) is 24.5 Å². The molecule has 2 aromatic rings. The molecule has 0 bridgehead atoms. The predicted molar refractivity (Wildman–Crippen MR) is 59.9 cm³/mol. The molecule has 0 amide bonds. The van der Waals surface area contributed by atoms with E-state index in [1.54, 1.807) is 4.57 Å². The van der Waals surface area contributed by atoms with Crippen molar-refractivity contribution in [2.45, 2.75) is 20.8 Å². The lowest BCUT2D eigenvalue weighted by Crippen LogP contribution is -2.18. The first kappa shape index (κ1) is 9.90. The van der Waals surface area contributed by atoms with Crippen molar-refractivity contribution < 1.29 is 4.79 Å². The summed E-state index contributed by atoms with van der Waals surface area (Å²) in [6, 6.07) is 7.70. The summed E-state index contributed by atoms with van der Waals surface area (Å²) in [5.74, 6) is 0.845. The number of aromatic nitrogens is 2. The highest BCUT2D eigenvalue weighted by atomic mass is 16.2. The van der Waals surface area contributed by atoms with Crippen molar-refractivity contribution in [1.29, 1.82) is 0 Å². The highest BCUT2D eigenvalue weighted by Gasteiger charge is 2.15. The highest BCUT2D eigenvalue weighted by Crippen LogP contribution is 2.16. The standard InChI is InChI=1S/C12H14N2O/c1-8(2)12(15)14-9(3)13-10-6-4-5-7-11(10)14/h4-8H,1-3H3.